The highest BCUT2D eigenvalue weighted by molar-refractivity contribution is 6.18. The maximum Gasteiger partial charge on any atom is 0.253 e. The van der Waals surface area contributed by atoms with Crippen LogP contribution in [0.5, 0.6) is 0 Å². The van der Waals surface area contributed by atoms with Crippen LogP contribution < -0.4 is 0 Å². The van der Waals surface area contributed by atoms with Gasteiger partial charge in [0.1, 0.15) is 0 Å². The van der Waals surface area contributed by atoms with Gasteiger partial charge < -0.3 is 4.90 Å². The molecule has 0 radical (unpaired) electrons. The average Bonchev–Trinajstić information content (AvgIpc) is 2.37. The van der Waals surface area contributed by atoms with Crippen molar-refractivity contribution >= 4 is 28.3 Å². The van der Waals surface area contributed by atoms with E-state index < -0.39 is 0 Å². The number of halogens is 1. The van der Waals surface area contributed by atoms with Crippen LogP contribution in [0.2, 0.25) is 0 Å². The minimum atomic E-state index is 0.0106. The Kier molecular flexibility index (Phi) is 3.64. The molecule has 0 heterocycles. The molecule has 0 N–H and O–H groups in total. The van der Waals surface area contributed by atoms with Crippen molar-refractivity contribution in [1.29, 1.82) is 0 Å². The Hall–Kier alpha value is -1.54. The van der Waals surface area contributed by atoms with Gasteiger partial charge in [0.2, 0.25) is 0 Å². The summed E-state index contributed by atoms with van der Waals surface area (Å²) in [7, 11) is 1.76. The van der Waals surface area contributed by atoms with Gasteiger partial charge in [0.15, 0.2) is 0 Å². The van der Waals surface area contributed by atoms with Crippen molar-refractivity contribution < 1.29 is 4.79 Å². The number of amides is 1. The van der Waals surface area contributed by atoms with Crippen molar-refractivity contribution in [3.8, 4) is 0 Å². The zero-order valence-corrected chi connectivity index (χ0v) is 10.4. The Balaban J connectivity index is 2.33. The van der Waals surface area contributed by atoms with E-state index in [2.05, 4.69) is 0 Å². The first-order chi connectivity index (χ1) is 8.22. The van der Waals surface area contributed by atoms with Crippen LogP contribution in [0.15, 0.2) is 42.5 Å². The molecule has 0 fully saturated rings. The second-order valence-electron chi connectivity index (χ2n) is 3.98. The number of rotatable bonds is 3. The van der Waals surface area contributed by atoms with Gasteiger partial charge >= 0.3 is 0 Å². The average molecular weight is 248 g/mol. The fourth-order valence-electron chi connectivity index (χ4n) is 1.77. The Morgan fingerprint density at radius 3 is 2.59 bits per heavy atom. The molecule has 0 saturated carbocycles. The molecule has 0 aliphatic carbocycles. The van der Waals surface area contributed by atoms with E-state index in [1.165, 1.54) is 0 Å². The van der Waals surface area contributed by atoms with Crippen LogP contribution >= 0.6 is 11.6 Å². The molecule has 2 nitrogen and oxygen atoms in total. The molecule has 0 aliphatic heterocycles. The lowest BCUT2D eigenvalue weighted by Gasteiger charge is -2.15. The van der Waals surface area contributed by atoms with Crippen molar-refractivity contribution in [3.05, 3.63) is 48.0 Å². The Morgan fingerprint density at radius 1 is 1.18 bits per heavy atom. The van der Waals surface area contributed by atoms with Crippen LogP contribution in [-0.2, 0) is 0 Å². The first-order valence-electron chi connectivity index (χ1n) is 5.52. The van der Waals surface area contributed by atoms with E-state index in [9.17, 15) is 4.79 Å². The molecule has 0 atom stereocenters. The first kappa shape index (κ1) is 11.9. The molecule has 0 spiro atoms. The maximum atomic E-state index is 12.0. The summed E-state index contributed by atoms with van der Waals surface area (Å²) in [4.78, 5) is 13.7. The molecule has 2 rings (SSSR count). The van der Waals surface area contributed by atoms with Gasteiger partial charge in [0.05, 0.1) is 0 Å². The van der Waals surface area contributed by atoms with Crippen molar-refractivity contribution in [3.63, 3.8) is 0 Å². The van der Waals surface area contributed by atoms with Gasteiger partial charge in [-0.15, -0.1) is 11.6 Å². The molecule has 2 aromatic rings. The number of benzene rings is 2. The van der Waals surface area contributed by atoms with Crippen LogP contribution in [0.1, 0.15) is 10.4 Å². The van der Waals surface area contributed by atoms with E-state index in [1.54, 1.807) is 11.9 Å². The number of alkyl halides is 1. The highest BCUT2D eigenvalue weighted by atomic mass is 35.5. The lowest BCUT2D eigenvalue weighted by atomic mass is 10.1. The predicted molar refractivity (Wildman–Crippen MR) is 71.6 cm³/mol. The highest BCUT2D eigenvalue weighted by Crippen LogP contribution is 2.16. The third-order valence-electron chi connectivity index (χ3n) is 2.76. The third-order valence-corrected chi connectivity index (χ3v) is 2.93. The molecule has 0 bridgehead atoms. The summed E-state index contributed by atoms with van der Waals surface area (Å²) >= 11 is 5.63. The molecule has 2 aromatic carbocycles. The van der Waals surface area contributed by atoms with E-state index in [4.69, 9.17) is 11.6 Å². The van der Waals surface area contributed by atoms with Crippen molar-refractivity contribution in [1.82, 2.24) is 4.90 Å². The smallest absolute Gasteiger partial charge is 0.253 e. The largest absolute Gasteiger partial charge is 0.341 e. The molecule has 17 heavy (non-hydrogen) atoms. The normalized spacial score (nSPS) is 10.5. The van der Waals surface area contributed by atoms with Gasteiger partial charge in [-0.2, -0.15) is 0 Å². The molecular weight excluding hydrogens is 234 g/mol. The number of nitrogens with zero attached hydrogens (tertiary/aromatic N) is 1. The number of carbonyl (C=O) groups is 1. The lowest BCUT2D eigenvalue weighted by molar-refractivity contribution is 0.0803. The van der Waals surface area contributed by atoms with Crippen LogP contribution in [0, 0.1) is 0 Å². The second kappa shape index (κ2) is 5.19. The zero-order chi connectivity index (χ0) is 12.3. The second-order valence-corrected chi connectivity index (χ2v) is 4.36. The van der Waals surface area contributed by atoms with Crippen molar-refractivity contribution in [2.75, 3.05) is 19.5 Å². The molecule has 88 valence electrons. The molecule has 0 unspecified atom stereocenters. The van der Waals surface area contributed by atoms with Crippen LogP contribution in [0.3, 0.4) is 0 Å². The van der Waals surface area contributed by atoms with Crippen LogP contribution in [0.4, 0.5) is 0 Å². The predicted octanol–water partition coefficient (Wildman–Crippen LogP) is 3.15. The van der Waals surface area contributed by atoms with E-state index in [1.807, 2.05) is 42.5 Å². The highest BCUT2D eigenvalue weighted by Gasteiger charge is 2.10. The minimum Gasteiger partial charge on any atom is -0.341 e. The summed E-state index contributed by atoms with van der Waals surface area (Å²) in [6.07, 6.45) is 0. The third kappa shape index (κ3) is 2.59. The van der Waals surface area contributed by atoms with E-state index in [0.29, 0.717) is 18.0 Å². The van der Waals surface area contributed by atoms with Gasteiger partial charge in [0, 0.05) is 25.0 Å². The molecule has 3 heteroatoms. The van der Waals surface area contributed by atoms with Crippen LogP contribution in [-0.4, -0.2) is 30.3 Å². The number of carbonyl (C=O) groups excluding carboxylic acids is 1. The monoisotopic (exact) mass is 247 g/mol. The standard InChI is InChI=1S/C14H14ClNO/c1-16(9-8-15)14(17)13-7-6-11-4-2-3-5-12(11)10-13/h2-7,10H,8-9H2,1H3. The summed E-state index contributed by atoms with van der Waals surface area (Å²) in [6.45, 7) is 0.563. The minimum absolute atomic E-state index is 0.0106. The molecule has 0 aromatic heterocycles. The van der Waals surface area contributed by atoms with Gasteiger partial charge in [-0.1, -0.05) is 30.3 Å². The van der Waals surface area contributed by atoms with Gasteiger partial charge in [-0.3, -0.25) is 4.79 Å². The van der Waals surface area contributed by atoms with Crippen LogP contribution in [0.25, 0.3) is 10.8 Å². The molecule has 0 saturated heterocycles. The summed E-state index contributed by atoms with van der Waals surface area (Å²) in [5, 5.41) is 2.22. The van der Waals surface area contributed by atoms with Gasteiger partial charge in [0.25, 0.3) is 5.91 Å². The Morgan fingerprint density at radius 2 is 1.88 bits per heavy atom. The Labute approximate surface area is 106 Å². The zero-order valence-electron chi connectivity index (χ0n) is 9.69. The lowest BCUT2D eigenvalue weighted by Crippen LogP contribution is -2.28. The van der Waals surface area contributed by atoms with E-state index >= 15 is 0 Å². The maximum absolute atomic E-state index is 12.0. The van der Waals surface area contributed by atoms with E-state index in [-0.39, 0.29) is 5.91 Å². The van der Waals surface area contributed by atoms with E-state index in [0.717, 1.165) is 10.8 Å². The fourth-order valence-corrected chi connectivity index (χ4v) is 2.02. The van der Waals surface area contributed by atoms with Gasteiger partial charge in [-0.25, -0.2) is 0 Å². The SMILES string of the molecule is CN(CCCl)C(=O)c1ccc2ccccc2c1. The van der Waals surface area contributed by atoms with Crippen molar-refractivity contribution in [2.24, 2.45) is 0 Å². The molecule has 1 amide bonds. The number of fused-ring (bicyclic) bond motifs is 1. The van der Waals surface area contributed by atoms with Crippen molar-refractivity contribution in [2.45, 2.75) is 0 Å². The molecule has 0 aliphatic rings. The molecular formula is C14H14ClNO. The summed E-state index contributed by atoms with van der Waals surface area (Å²) < 4.78 is 0. The summed E-state index contributed by atoms with van der Waals surface area (Å²) in [5.41, 5.74) is 0.705. The fraction of sp³-hybridized carbons (Fsp3) is 0.214. The summed E-state index contributed by atoms with van der Waals surface area (Å²) in [6, 6.07) is 13.7. The van der Waals surface area contributed by atoms with Gasteiger partial charge in [-0.05, 0) is 22.9 Å². The summed E-state index contributed by atoms with van der Waals surface area (Å²) in [5.74, 6) is 0.465. The topological polar surface area (TPSA) is 20.3 Å². The quantitative estimate of drug-likeness (QED) is 0.763. The Bertz CT molecular complexity index is 538. The number of hydrogen-bond acceptors (Lipinski definition) is 1. The first-order valence-corrected chi connectivity index (χ1v) is 6.06. The number of hydrogen-bond donors (Lipinski definition) is 0.